The van der Waals surface area contributed by atoms with E-state index in [1.165, 1.54) is 0 Å². The van der Waals surface area contributed by atoms with Crippen molar-refractivity contribution < 1.29 is 14.3 Å². The predicted molar refractivity (Wildman–Crippen MR) is 77.2 cm³/mol. The molecular formula is C11H28N6O3. The Morgan fingerprint density at radius 3 is 1.50 bits per heavy atom. The Morgan fingerprint density at radius 1 is 0.700 bits per heavy atom. The van der Waals surface area contributed by atoms with Gasteiger partial charge >= 0.3 is 6.16 Å². The summed E-state index contributed by atoms with van der Waals surface area (Å²) in [5.41, 5.74) is 10.6. The SMILES string of the molecule is NCCNCCNCOC(=O)OCNCCNCCN. The van der Waals surface area contributed by atoms with E-state index in [1.807, 2.05) is 0 Å². The molecule has 0 spiro atoms. The van der Waals surface area contributed by atoms with Gasteiger partial charge in [-0.3, -0.25) is 10.6 Å². The summed E-state index contributed by atoms with van der Waals surface area (Å²) >= 11 is 0. The summed E-state index contributed by atoms with van der Waals surface area (Å²) in [6, 6.07) is 0. The molecule has 120 valence electrons. The van der Waals surface area contributed by atoms with Gasteiger partial charge in [0.05, 0.1) is 0 Å². The first-order chi connectivity index (χ1) is 9.81. The van der Waals surface area contributed by atoms with Crippen LogP contribution in [0.1, 0.15) is 0 Å². The number of carbonyl (C=O) groups excluding carboxylic acids is 1. The van der Waals surface area contributed by atoms with Crippen molar-refractivity contribution in [3.8, 4) is 0 Å². The average molecular weight is 292 g/mol. The largest absolute Gasteiger partial charge is 0.510 e. The van der Waals surface area contributed by atoms with E-state index in [1.54, 1.807) is 0 Å². The van der Waals surface area contributed by atoms with Crippen LogP contribution in [0.3, 0.4) is 0 Å². The van der Waals surface area contributed by atoms with Crippen molar-refractivity contribution in [2.75, 3.05) is 65.8 Å². The van der Waals surface area contributed by atoms with Crippen LogP contribution in [0.4, 0.5) is 4.79 Å². The van der Waals surface area contributed by atoms with Crippen LogP contribution >= 0.6 is 0 Å². The van der Waals surface area contributed by atoms with Crippen molar-refractivity contribution in [3.63, 3.8) is 0 Å². The molecule has 0 bridgehead atoms. The number of nitrogens with two attached hydrogens (primary N) is 2. The van der Waals surface area contributed by atoms with E-state index in [0.717, 1.165) is 26.2 Å². The van der Waals surface area contributed by atoms with Crippen LogP contribution in [0.2, 0.25) is 0 Å². The van der Waals surface area contributed by atoms with Gasteiger partial charge in [-0.05, 0) is 0 Å². The molecule has 8 N–H and O–H groups in total. The Bertz CT molecular complexity index is 200. The zero-order valence-corrected chi connectivity index (χ0v) is 12.0. The Morgan fingerprint density at radius 2 is 1.10 bits per heavy atom. The molecule has 0 heterocycles. The molecule has 9 nitrogen and oxygen atoms in total. The molecule has 20 heavy (non-hydrogen) atoms. The van der Waals surface area contributed by atoms with Gasteiger partial charge < -0.3 is 31.6 Å². The molecule has 0 radical (unpaired) electrons. The van der Waals surface area contributed by atoms with E-state index in [2.05, 4.69) is 21.3 Å². The lowest BCUT2D eigenvalue weighted by Gasteiger charge is -2.09. The number of carbonyl (C=O) groups is 1. The van der Waals surface area contributed by atoms with Crippen LogP contribution in [0.15, 0.2) is 0 Å². The van der Waals surface area contributed by atoms with Gasteiger partial charge in [-0.1, -0.05) is 0 Å². The molecule has 0 aliphatic heterocycles. The number of nitrogens with one attached hydrogen (secondary N) is 4. The van der Waals surface area contributed by atoms with E-state index in [0.29, 0.717) is 26.2 Å². The van der Waals surface area contributed by atoms with Crippen molar-refractivity contribution in [3.05, 3.63) is 0 Å². The lowest BCUT2D eigenvalue weighted by molar-refractivity contribution is 0.0449. The Balaban J connectivity index is 3.13. The number of rotatable bonds is 14. The topological polar surface area (TPSA) is 136 Å². The van der Waals surface area contributed by atoms with Gasteiger partial charge in [0.15, 0.2) is 0 Å². The third-order valence-corrected chi connectivity index (χ3v) is 2.18. The van der Waals surface area contributed by atoms with Gasteiger partial charge in [0.1, 0.15) is 13.5 Å². The van der Waals surface area contributed by atoms with E-state index < -0.39 is 6.16 Å². The molecular weight excluding hydrogens is 264 g/mol. The van der Waals surface area contributed by atoms with Crippen LogP contribution in [-0.4, -0.2) is 72.0 Å². The van der Waals surface area contributed by atoms with E-state index in [-0.39, 0.29) is 13.5 Å². The number of hydrogen-bond acceptors (Lipinski definition) is 9. The second-order valence-electron chi connectivity index (χ2n) is 3.90. The monoisotopic (exact) mass is 292 g/mol. The van der Waals surface area contributed by atoms with E-state index in [4.69, 9.17) is 20.9 Å². The lowest BCUT2D eigenvalue weighted by atomic mass is 10.5. The fourth-order valence-corrected chi connectivity index (χ4v) is 1.21. The second-order valence-corrected chi connectivity index (χ2v) is 3.90. The molecule has 0 rings (SSSR count). The first kappa shape index (κ1) is 19.0. The highest BCUT2D eigenvalue weighted by atomic mass is 16.7. The van der Waals surface area contributed by atoms with Crippen molar-refractivity contribution >= 4 is 6.16 Å². The average Bonchev–Trinajstić information content (AvgIpc) is 2.45. The van der Waals surface area contributed by atoms with Crippen LogP contribution in [0.25, 0.3) is 0 Å². The summed E-state index contributed by atoms with van der Waals surface area (Å²) in [4.78, 5) is 11.1. The third-order valence-electron chi connectivity index (χ3n) is 2.18. The minimum atomic E-state index is -0.699. The van der Waals surface area contributed by atoms with Crippen molar-refractivity contribution in [1.29, 1.82) is 0 Å². The minimum Gasteiger partial charge on any atom is -0.418 e. The fourth-order valence-electron chi connectivity index (χ4n) is 1.21. The molecule has 0 aromatic rings. The third kappa shape index (κ3) is 15.1. The Labute approximate surface area is 120 Å². The van der Waals surface area contributed by atoms with Crippen LogP contribution in [-0.2, 0) is 9.47 Å². The molecule has 0 unspecified atom stereocenters. The van der Waals surface area contributed by atoms with Crippen LogP contribution in [0, 0.1) is 0 Å². The molecule has 9 heteroatoms. The maximum absolute atomic E-state index is 11.1. The summed E-state index contributed by atoms with van der Waals surface area (Å²) in [5.74, 6) is 0. The smallest absolute Gasteiger partial charge is 0.418 e. The van der Waals surface area contributed by atoms with Crippen molar-refractivity contribution in [2.24, 2.45) is 11.5 Å². The number of ether oxygens (including phenoxy) is 2. The minimum absolute atomic E-state index is 0.126. The van der Waals surface area contributed by atoms with Gasteiger partial charge in [0, 0.05) is 52.4 Å². The lowest BCUT2D eigenvalue weighted by Crippen LogP contribution is -2.33. The summed E-state index contributed by atoms with van der Waals surface area (Å²) < 4.78 is 9.59. The molecule has 0 aliphatic rings. The van der Waals surface area contributed by atoms with Crippen LogP contribution < -0.4 is 32.7 Å². The second kappa shape index (κ2) is 16.1. The fraction of sp³-hybridized carbons (Fsp3) is 0.909. The highest BCUT2D eigenvalue weighted by molar-refractivity contribution is 5.59. The molecule has 0 amide bonds. The maximum Gasteiger partial charge on any atom is 0.510 e. The zero-order valence-electron chi connectivity index (χ0n) is 12.0. The first-order valence-electron chi connectivity index (χ1n) is 6.83. The summed E-state index contributed by atoms with van der Waals surface area (Å²) in [5, 5.41) is 12.1. The Hall–Kier alpha value is -0.970. The van der Waals surface area contributed by atoms with Gasteiger partial charge in [0.2, 0.25) is 0 Å². The number of hydrogen-bond donors (Lipinski definition) is 6. The van der Waals surface area contributed by atoms with Gasteiger partial charge in [-0.15, -0.1) is 0 Å². The molecule has 0 saturated heterocycles. The highest BCUT2D eigenvalue weighted by Crippen LogP contribution is 1.81. The maximum atomic E-state index is 11.1. The molecule has 0 atom stereocenters. The quantitative estimate of drug-likeness (QED) is 0.115. The molecule has 0 aromatic carbocycles. The first-order valence-corrected chi connectivity index (χ1v) is 6.83. The van der Waals surface area contributed by atoms with Crippen LogP contribution in [0.5, 0.6) is 0 Å². The Kier molecular flexibility index (Phi) is 15.3. The van der Waals surface area contributed by atoms with Gasteiger partial charge in [-0.25, -0.2) is 4.79 Å². The van der Waals surface area contributed by atoms with Gasteiger partial charge in [0.25, 0.3) is 0 Å². The highest BCUT2D eigenvalue weighted by Gasteiger charge is 2.01. The zero-order chi connectivity index (χ0) is 14.9. The molecule has 0 saturated carbocycles. The molecule has 0 aliphatic carbocycles. The van der Waals surface area contributed by atoms with Crippen molar-refractivity contribution in [2.45, 2.75) is 0 Å². The van der Waals surface area contributed by atoms with E-state index in [9.17, 15) is 4.79 Å². The standard InChI is InChI=1S/C11H28N6O3/c12-1-3-14-5-7-16-9-19-11(18)20-10-17-8-6-15-4-2-13/h14-17H,1-10,12-13H2. The summed E-state index contributed by atoms with van der Waals surface area (Å²) in [6.45, 7) is 5.95. The van der Waals surface area contributed by atoms with E-state index >= 15 is 0 Å². The predicted octanol–water partition coefficient (Wildman–Crippen LogP) is -2.67. The molecule has 0 aromatic heterocycles. The normalized spacial score (nSPS) is 10.5. The van der Waals surface area contributed by atoms with Gasteiger partial charge in [-0.2, -0.15) is 0 Å². The summed E-state index contributed by atoms with van der Waals surface area (Å²) in [7, 11) is 0. The van der Waals surface area contributed by atoms with Crippen molar-refractivity contribution in [1.82, 2.24) is 21.3 Å². The summed E-state index contributed by atoms with van der Waals surface area (Å²) in [6.07, 6.45) is -0.699. The molecule has 0 fully saturated rings.